The van der Waals surface area contributed by atoms with Crippen molar-refractivity contribution in [3.63, 3.8) is 0 Å². The van der Waals surface area contributed by atoms with Crippen LogP contribution >= 0.6 is 0 Å². The highest BCUT2D eigenvalue weighted by atomic mass is 16.5. The fourth-order valence-corrected chi connectivity index (χ4v) is 4.43. The molecule has 0 bridgehead atoms. The van der Waals surface area contributed by atoms with E-state index in [4.69, 9.17) is 4.74 Å². The molecule has 0 aromatic heterocycles. The van der Waals surface area contributed by atoms with E-state index in [2.05, 4.69) is 22.8 Å². The van der Waals surface area contributed by atoms with Crippen LogP contribution in [0.1, 0.15) is 36.0 Å². The zero-order valence-corrected chi connectivity index (χ0v) is 18.2. The Kier molecular flexibility index (Phi) is 6.75. The van der Waals surface area contributed by atoms with Gasteiger partial charge in [-0.05, 0) is 80.0 Å². The molecule has 6 heteroatoms. The highest BCUT2D eigenvalue weighted by Gasteiger charge is 2.28. The van der Waals surface area contributed by atoms with Crippen LogP contribution in [0.15, 0.2) is 42.5 Å². The van der Waals surface area contributed by atoms with Gasteiger partial charge in [0.2, 0.25) is 5.91 Å². The topological polar surface area (TPSA) is 70.7 Å². The predicted molar refractivity (Wildman–Crippen MR) is 121 cm³/mol. The van der Waals surface area contributed by atoms with Crippen LogP contribution in [0.4, 0.5) is 10.5 Å². The van der Waals surface area contributed by atoms with Gasteiger partial charge >= 0.3 is 6.03 Å². The Morgan fingerprint density at radius 3 is 2.84 bits per heavy atom. The lowest BCUT2D eigenvalue weighted by Gasteiger charge is -2.32. The summed E-state index contributed by atoms with van der Waals surface area (Å²) in [4.78, 5) is 27.0. The summed E-state index contributed by atoms with van der Waals surface area (Å²) in [7, 11) is 0. The molecule has 2 aliphatic rings. The first-order valence-electron chi connectivity index (χ1n) is 11.2. The van der Waals surface area contributed by atoms with Gasteiger partial charge in [0, 0.05) is 18.8 Å². The number of likely N-dealkylation sites (tertiary alicyclic amines) is 1. The summed E-state index contributed by atoms with van der Waals surface area (Å²) in [5.41, 5.74) is 4.68. The number of benzene rings is 2. The van der Waals surface area contributed by atoms with Crippen molar-refractivity contribution in [3.8, 4) is 5.75 Å². The Morgan fingerprint density at radius 2 is 1.97 bits per heavy atom. The number of fused-ring (bicyclic) bond motifs is 1. The second-order valence-electron chi connectivity index (χ2n) is 8.51. The normalized spacial score (nSPS) is 17.7. The first-order valence-corrected chi connectivity index (χ1v) is 11.2. The summed E-state index contributed by atoms with van der Waals surface area (Å²) in [5.74, 6) is 0.675. The number of rotatable bonds is 6. The number of hydrogen-bond donors (Lipinski definition) is 2. The van der Waals surface area contributed by atoms with Crippen molar-refractivity contribution in [2.45, 2.75) is 39.0 Å². The Morgan fingerprint density at radius 1 is 1.10 bits per heavy atom. The molecule has 2 aromatic carbocycles. The summed E-state index contributed by atoms with van der Waals surface area (Å²) in [6.07, 6.45) is 5.12. The summed E-state index contributed by atoms with van der Waals surface area (Å²) in [5, 5.41) is 5.90. The van der Waals surface area contributed by atoms with Crippen LogP contribution in [0.3, 0.4) is 0 Å². The van der Waals surface area contributed by atoms with E-state index in [0.29, 0.717) is 26.2 Å². The van der Waals surface area contributed by atoms with Crippen LogP contribution in [0.2, 0.25) is 0 Å². The van der Waals surface area contributed by atoms with Crippen molar-refractivity contribution in [3.05, 3.63) is 59.2 Å². The molecule has 2 N–H and O–H groups in total. The summed E-state index contributed by atoms with van der Waals surface area (Å²) in [6, 6.07) is 13.9. The molecule has 31 heavy (non-hydrogen) atoms. The first kappa shape index (κ1) is 21.2. The minimum atomic E-state index is -0.183. The van der Waals surface area contributed by atoms with Crippen LogP contribution in [0.5, 0.6) is 5.75 Å². The van der Waals surface area contributed by atoms with E-state index >= 15 is 0 Å². The van der Waals surface area contributed by atoms with Gasteiger partial charge in [0.05, 0.1) is 12.5 Å². The van der Waals surface area contributed by atoms with E-state index in [-0.39, 0.29) is 17.9 Å². The Labute approximate surface area is 184 Å². The van der Waals surface area contributed by atoms with Gasteiger partial charge in [0.1, 0.15) is 12.4 Å². The number of piperidine rings is 1. The van der Waals surface area contributed by atoms with Crippen LogP contribution in [-0.4, -0.2) is 43.1 Å². The van der Waals surface area contributed by atoms with Crippen molar-refractivity contribution in [1.82, 2.24) is 10.2 Å². The molecule has 4 rings (SSSR count). The van der Waals surface area contributed by atoms with Crippen molar-refractivity contribution >= 4 is 17.6 Å². The lowest BCUT2D eigenvalue weighted by atomic mass is 9.97. The van der Waals surface area contributed by atoms with Crippen molar-refractivity contribution in [2.75, 3.05) is 31.6 Å². The highest BCUT2D eigenvalue weighted by Crippen LogP contribution is 2.26. The van der Waals surface area contributed by atoms with Crippen molar-refractivity contribution < 1.29 is 14.3 Å². The maximum atomic E-state index is 12.6. The van der Waals surface area contributed by atoms with Gasteiger partial charge in [0.15, 0.2) is 0 Å². The fraction of sp³-hybridized carbons (Fsp3) is 0.440. The number of nitrogens with zero attached hydrogens (tertiary/aromatic N) is 1. The quantitative estimate of drug-likeness (QED) is 0.695. The van der Waals surface area contributed by atoms with Crippen LogP contribution in [-0.2, 0) is 17.6 Å². The van der Waals surface area contributed by atoms with E-state index in [0.717, 1.165) is 42.7 Å². The number of carbonyl (C=O) groups is 2. The average Bonchev–Trinajstić information content (AvgIpc) is 3.24. The van der Waals surface area contributed by atoms with Gasteiger partial charge < -0.3 is 20.3 Å². The summed E-state index contributed by atoms with van der Waals surface area (Å²) >= 11 is 0. The van der Waals surface area contributed by atoms with E-state index in [9.17, 15) is 9.59 Å². The molecule has 6 nitrogen and oxygen atoms in total. The van der Waals surface area contributed by atoms with E-state index in [1.165, 1.54) is 17.5 Å². The molecule has 3 amide bonds. The zero-order valence-electron chi connectivity index (χ0n) is 18.2. The largest absolute Gasteiger partial charge is 0.492 e. The van der Waals surface area contributed by atoms with E-state index in [1.54, 1.807) is 4.90 Å². The summed E-state index contributed by atoms with van der Waals surface area (Å²) in [6.45, 7) is 4.00. The van der Waals surface area contributed by atoms with E-state index in [1.807, 2.05) is 37.3 Å². The Bertz CT molecular complexity index is 943. The number of carbonyl (C=O) groups excluding carboxylic acids is 2. The minimum absolute atomic E-state index is 0.00870. The monoisotopic (exact) mass is 421 g/mol. The van der Waals surface area contributed by atoms with Crippen molar-refractivity contribution in [1.29, 1.82) is 0 Å². The second-order valence-corrected chi connectivity index (χ2v) is 8.51. The van der Waals surface area contributed by atoms with Crippen LogP contribution in [0.25, 0.3) is 0 Å². The molecular formula is C25H31N3O3. The molecule has 1 aliphatic carbocycles. The number of hydrogen-bond acceptors (Lipinski definition) is 3. The Hall–Kier alpha value is -3.02. The van der Waals surface area contributed by atoms with Gasteiger partial charge in [-0.15, -0.1) is 0 Å². The number of aryl methyl sites for hydroxylation is 3. The SMILES string of the molecule is Cc1cccc(NC(=O)N2CCCC(C(=O)NCCOc3ccc4c(c3)CCC4)C2)c1. The molecule has 1 atom stereocenters. The van der Waals surface area contributed by atoms with Gasteiger partial charge in [-0.25, -0.2) is 4.79 Å². The van der Waals surface area contributed by atoms with Gasteiger partial charge in [-0.1, -0.05) is 18.2 Å². The zero-order chi connectivity index (χ0) is 21.6. The molecule has 2 aromatic rings. The highest BCUT2D eigenvalue weighted by molar-refractivity contribution is 5.90. The molecule has 1 saturated heterocycles. The molecule has 1 unspecified atom stereocenters. The second kappa shape index (κ2) is 9.86. The Balaban J connectivity index is 1.21. The third-order valence-corrected chi connectivity index (χ3v) is 6.09. The third kappa shape index (κ3) is 5.57. The molecular weight excluding hydrogens is 390 g/mol. The molecule has 1 heterocycles. The lowest BCUT2D eigenvalue weighted by Crippen LogP contribution is -2.47. The van der Waals surface area contributed by atoms with Crippen LogP contribution < -0.4 is 15.4 Å². The molecule has 1 fully saturated rings. The maximum absolute atomic E-state index is 12.6. The summed E-state index contributed by atoms with van der Waals surface area (Å²) < 4.78 is 5.82. The molecule has 0 spiro atoms. The third-order valence-electron chi connectivity index (χ3n) is 6.09. The predicted octanol–water partition coefficient (Wildman–Crippen LogP) is 3.92. The molecule has 0 saturated carbocycles. The number of nitrogens with one attached hydrogen (secondary N) is 2. The number of anilines is 1. The average molecular weight is 422 g/mol. The maximum Gasteiger partial charge on any atom is 0.321 e. The number of ether oxygens (including phenoxy) is 1. The van der Waals surface area contributed by atoms with Crippen molar-refractivity contribution in [2.24, 2.45) is 5.92 Å². The standard InChI is InChI=1S/C25H31N3O3/c1-18-5-2-9-22(15-18)27-25(30)28-13-4-8-21(17-28)24(29)26-12-14-31-23-11-10-19-6-3-7-20(19)16-23/h2,5,9-11,15-16,21H,3-4,6-8,12-14,17H2,1H3,(H,26,29)(H,27,30). The number of urea groups is 1. The van der Waals surface area contributed by atoms with Crippen LogP contribution in [0, 0.1) is 12.8 Å². The number of amides is 3. The molecule has 164 valence electrons. The van der Waals surface area contributed by atoms with Gasteiger partial charge in [-0.3, -0.25) is 4.79 Å². The fourth-order valence-electron chi connectivity index (χ4n) is 4.43. The smallest absolute Gasteiger partial charge is 0.321 e. The molecule has 0 radical (unpaired) electrons. The lowest BCUT2D eigenvalue weighted by molar-refractivity contribution is -0.126. The van der Waals surface area contributed by atoms with Gasteiger partial charge in [0.25, 0.3) is 0 Å². The molecule has 1 aliphatic heterocycles. The van der Waals surface area contributed by atoms with Gasteiger partial charge in [-0.2, -0.15) is 0 Å². The minimum Gasteiger partial charge on any atom is -0.492 e. The first-order chi connectivity index (χ1) is 15.1. The van der Waals surface area contributed by atoms with E-state index < -0.39 is 0 Å².